The Bertz CT molecular complexity index is 522. The van der Waals surface area contributed by atoms with Crippen LogP contribution < -0.4 is 0 Å². The number of ether oxygens (including phenoxy) is 1. The third-order valence-corrected chi connectivity index (χ3v) is 4.66. The van der Waals surface area contributed by atoms with E-state index >= 15 is 0 Å². The molecular formula is C16H26N2OS. The van der Waals surface area contributed by atoms with Crippen molar-refractivity contribution in [2.75, 3.05) is 7.11 Å². The van der Waals surface area contributed by atoms with Crippen LogP contribution >= 0.6 is 12.2 Å². The molecule has 1 aromatic rings. The lowest BCUT2D eigenvalue weighted by Crippen LogP contribution is -2.36. The number of H-pyrrole nitrogens is 1. The SMILES string of the molecule is COC1(c2nc(=S)cc(C(C)(C)C)[nH]2)CCC(C)CC1. The fourth-order valence-electron chi connectivity index (χ4n) is 2.84. The molecule has 4 heteroatoms. The summed E-state index contributed by atoms with van der Waals surface area (Å²) in [4.78, 5) is 8.07. The molecule has 1 aliphatic carbocycles. The van der Waals surface area contributed by atoms with E-state index in [0.717, 1.165) is 30.3 Å². The van der Waals surface area contributed by atoms with Gasteiger partial charge in [-0.05, 0) is 37.7 Å². The highest BCUT2D eigenvalue weighted by atomic mass is 32.1. The lowest BCUT2D eigenvalue weighted by molar-refractivity contribution is -0.0600. The molecule has 0 saturated heterocycles. The van der Waals surface area contributed by atoms with Gasteiger partial charge in [0.15, 0.2) is 0 Å². The van der Waals surface area contributed by atoms with Crippen LogP contribution in [0, 0.1) is 10.6 Å². The first-order valence-electron chi connectivity index (χ1n) is 7.44. The average Bonchev–Trinajstić information content (AvgIpc) is 2.38. The van der Waals surface area contributed by atoms with Crippen molar-refractivity contribution in [3.05, 3.63) is 22.2 Å². The van der Waals surface area contributed by atoms with Crippen LogP contribution in [0.1, 0.15) is 64.9 Å². The van der Waals surface area contributed by atoms with Crippen LogP contribution in [0.3, 0.4) is 0 Å². The maximum Gasteiger partial charge on any atom is 0.140 e. The molecule has 1 heterocycles. The molecule has 0 spiro atoms. The normalized spacial score (nSPS) is 27.6. The molecule has 3 nitrogen and oxygen atoms in total. The molecule has 0 radical (unpaired) electrons. The van der Waals surface area contributed by atoms with Crippen LogP contribution in [0.2, 0.25) is 0 Å². The number of rotatable bonds is 2. The minimum atomic E-state index is -0.290. The summed E-state index contributed by atoms with van der Waals surface area (Å²) in [6, 6.07) is 1.97. The summed E-state index contributed by atoms with van der Waals surface area (Å²) >= 11 is 5.36. The molecule has 1 fully saturated rings. The van der Waals surface area contributed by atoms with Gasteiger partial charge in [-0.3, -0.25) is 0 Å². The van der Waals surface area contributed by atoms with Crippen molar-refractivity contribution in [2.45, 2.75) is 64.4 Å². The summed E-state index contributed by atoms with van der Waals surface area (Å²) in [6.45, 7) is 8.85. The Balaban J connectivity index is 2.45. The van der Waals surface area contributed by atoms with E-state index < -0.39 is 0 Å². The highest BCUT2D eigenvalue weighted by Gasteiger charge is 2.38. The first-order chi connectivity index (χ1) is 9.27. The monoisotopic (exact) mass is 294 g/mol. The van der Waals surface area contributed by atoms with Crippen molar-refractivity contribution in [3.63, 3.8) is 0 Å². The number of hydrogen-bond acceptors (Lipinski definition) is 3. The number of aromatic nitrogens is 2. The van der Waals surface area contributed by atoms with Gasteiger partial charge in [-0.1, -0.05) is 39.9 Å². The van der Waals surface area contributed by atoms with E-state index in [-0.39, 0.29) is 11.0 Å². The molecule has 1 aromatic heterocycles. The van der Waals surface area contributed by atoms with E-state index in [1.165, 1.54) is 12.8 Å². The second kappa shape index (κ2) is 5.57. The molecule has 1 aliphatic rings. The van der Waals surface area contributed by atoms with Crippen molar-refractivity contribution in [3.8, 4) is 0 Å². The molecule has 0 atom stereocenters. The number of nitrogens with zero attached hydrogens (tertiary/aromatic N) is 1. The summed E-state index contributed by atoms with van der Waals surface area (Å²) in [6.07, 6.45) is 4.37. The van der Waals surface area contributed by atoms with Gasteiger partial charge in [-0.15, -0.1) is 0 Å². The Morgan fingerprint density at radius 3 is 2.45 bits per heavy atom. The lowest BCUT2D eigenvalue weighted by Gasteiger charge is -2.38. The van der Waals surface area contributed by atoms with Gasteiger partial charge in [0.05, 0.1) is 0 Å². The molecule has 0 unspecified atom stereocenters. The molecule has 1 saturated carbocycles. The van der Waals surface area contributed by atoms with E-state index in [2.05, 4.69) is 37.7 Å². The topological polar surface area (TPSA) is 37.9 Å². The van der Waals surface area contributed by atoms with Crippen LogP contribution in [0.25, 0.3) is 0 Å². The smallest absolute Gasteiger partial charge is 0.140 e. The summed E-state index contributed by atoms with van der Waals surface area (Å²) < 4.78 is 6.55. The number of nitrogens with one attached hydrogen (secondary N) is 1. The quantitative estimate of drug-likeness (QED) is 0.817. The maximum atomic E-state index is 5.90. The zero-order chi connectivity index (χ0) is 15.0. The van der Waals surface area contributed by atoms with Crippen LogP contribution in [0.5, 0.6) is 0 Å². The minimum Gasteiger partial charge on any atom is -0.370 e. The number of aromatic amines is 1. The lowest BCUT2D eigenvalue weighted by atomic mass is 9.78. The fourth-order valence-corrected chi connectivity index (χ4v) is 3.05. The van der Waals surface area contributed by atoms with Crippen LogP contribution in [-0.2, 0) is 15.8 Å². The van der Waals surface area contributed by atoms with E-state index in [9.17, 15) is 0 Å². The van der Waals surface area contributed by atoms with Gasteiger partial charge in [-0.2, -0.15) is 0 Å². The molecule has 20 heavy (non-hydrogen) atoms. The van der Waals surface area contributed by atoms with Gasteiger partial charge in [0.2, 0.25) is 0 Å². The third kappa shape index (κ3) is 3.12. The number of hydrogen-bond donors (Lipinski definition) is 1. The zero-order valence-corrected chi connectivity index (χ0v) is 14.1. The fraction of sp³-hybridized carbons (Fsp3) is 0.750. The molecule has 112 valence electrons. The predicted octanol–water partition coefficient (Wildman–Crippen LogP) is 4.49. The molecule has 0 aromatic carbocycles. The Kier molecular flexibility index (Phi) is 4.35. The molecule has 0 amide bonds. The van der Waals surface area contributed by atoms with Gasteiger partial charge < -0.3 is 9.72 Å². The zero-order valence-electron chi connectivity index (χ0n) is 13.2. The first kappa shape index (κ1) is 15.6. The van der Waals surface area contributed by atoms with E-state index in [1.807, 2.05) is 6.07 Å². The van der Waals surface area contributed by atoms with Crippen LogP contribution in [-0.4, -0.2) is 17.1 Å². The van der Waals surface area contributed by atoms with Crippen LogP contribution in [0.15, 0.2) is 6.07 Å². The Morgan fingerprint density at radius 1 is 1.35 bits per heavy atom. The van der Waals surface area contributed by atoms with Gasteiger partial charge >= 0.3 is 0 Å². The molecule has 0 bridgehead atoms. The van der Waals surface area contributed by atoms with Gasteiger partial charge in [0.1, 0.15) is 16.1 Å². The number of methoxy groups -OCH3 is 1. The van der Waals surface area contributed by atoms with Crippen molar-refractivity contribution in [1.29, 1.82) is 0 Å². The summed E-state index contributed by atoms with van der Waals surface area (Å²) in [5.74, 6) is 1.68. The molecule has 0 aliphatic heterocycles. The Labute approximate surface area is 127 Å². The molecule has 1 N–H and O–H groups in total. The van der Waals surface area contributed by atoms with E-state index in [1.54, 1.807) is 7.11 Å². The Morgan fingerprint density at radius 2 is 1.95 bits per heavy atom. The predicted molar refractivity (Wildman–Crippen MR) is 84.4 cm³/mol. The van der Waals surface area contributed by atoms with Crippen molar-refractivity contribution < 1.29 is 4.74 Å². The standard InChI is InChI=1S/C16H26N2OS/c1-11-6-8-16(19-5,9-7-11)14-17-12(15(2,3)4)10-13(20)18-14/h10-11H,6-9H2,1-5H3,(H,17,18,20). The largest absolute Gasteiger partial charge is 0.370 e. The van der Waals surface area contributed by atoms with E-state index in [4.69, 9.17) is 17.0 Å². The molecule has 2 rings (SSSR count). The van der Waals surface area contributed by atoms with Gasteiger partial charge in [0.25, 0.3) is 0 Å². The second-order valence-electron chi connectivity index (χ2n) is 7.11. The third-order valence-electron chi connectivity index (χ3n) is 4.46. The van der Waals surface area contributed by atoms with Gasteiger partial charge in [-0.25, -0.2) is 4.98 Å². The molecular weight excluding hydrogens is 268 g/mol. The van der Waals surface area contributed by atoms with Gasteiger partial charge in [0, 0.05) is 18.2 Å². The van der Waals surface area contributed by atoms with Crippen molar-refractivity contribution in [2.24, 2.45) is 5.92 Å². The summed E-state index contributed by atoms with van der Waals surface area (Å²) in [7, 11) is 1.79. The average molecular weight is 294 g/mol. The van der Waals surface area contributed by atoms with Crippen molar-refractivity contribution in [1.82, 2.24) is 9.97 Å². The first-order valence-corrected chi connectivity index (χ1v) is 7.85. The van der Waals surface area contributed by atoms with Crippen LogP contribution in [0.4, 0.5) is 0 Å². The summed E-state index contributed by atoms with van der Waals surface area (Å²) in [5, 5.41) is 0. The highest BCUT2D eigenvalue weighted by molar-refractivity contribution is 7.71. The van der Waals surface area contributed by atoms with Crippen molar-refractivity contribution >= 4 is 12.2 Å². The second-order valence-corrected chi connectivity index (χ2v) is 7.53. The maximum absolute atomic E-state index is 5.90. The minimum absolute atomic E-state index is 0.0299. The highest BCUT2D eigenvalue weighted by Crippen LogP contribution is 2.41. The summed E-state index contributed by atoms with van der Waals surface area (Å²) in [5.41, 5.74) is 0.867. The van der Waals surface area contributed by atoms with E-state index in [0.29, 0.717) is 4.64 Å². The Hall–Kier alpha value is -0.740.